The molecule has 96 valence electrons. The van der Waals surface area contributed by atoms with Gasteiger partial charge in [0.2, 0.25) is 0 Å². The van der Waals surface area contributed by atoms with Crippen molar-refractivity contribution in [2.75, 3.05) is 5.73 Å². The van der Waals surface area contributed by atoms with Crippen LogP contribution in [0.5, 0.6) is 0 Å². The van der Waals surface area contributed by atoms with Crippen LogP contribution in [0.15, 0.2) is 60.7 Å². The van der Waals surface area contributed by atoms with Gasteiger partial charge in [-0.1, -0.05) is 48.5 Å². The van der Waals surface area contributed by atoms with Crippen LogP contribution in [0.3, 0.4) is 0 Å². The van der Waals surface area contributed by atoms with Gasteiger partial charge in [-0.3, -0.25) is 0 Å². The average Bonchev–Trinajstić information content (AvgIpc) is 2.86. The van der Waals surface area contributed by atoms with E-state index in [1.807, 2.05) is 60.7 Å². The lowest BCUT2D eigenvalue weighted by Gasteiger charge is -2.02. The number of para-hydroxylation sites is 1. The Labute approximate surface area is 116 Å². The van der Waals surface area contributed by atoms with E-state index in [4.69, 9.17) is 5.73 Å². The van der Waals surface area contributed by atoms with Crippen molar-refractivity contribution in [1.29, 1.82) is 5.26 Å². The van der Waals surface area contributed by atoms with Crippen LogP contribution in [0, 0.1) is 11.3 Å². The Morgan fingerprint density at radius 1 is 0.950 bits per heavy atom. The Morgan fingerprint density at radius 3 is 2.15 bits per heavy atom. The van der Waals surface area contributed by atoms with Gasteiger partial charge in [0.1, 0.15) is 23.1 Å². The molecule has 1 heterocycles. The van der Waals surface area contributed by atoms with E-state index < -0.39 is 0 Å². The van der Waals surface area contributed by atoms with Crippen molar-refractivity contribution in [3.05, 3.63) is 66.2 Å². The van der Waals surface area contributed by atoms with E-state index in [2.05, 4.69) is 11.2 Å². The summed E-state index contributed by atoms with van der Waals surface area (Å²) in [4.78, 5) is 0. The lowest BCUT2D eigenvalue weighted by atomic mass is 10.1. The lowest BCUT2D eigenvalue weighted by Crippen LogP contribution is -2.01. The van der Waals surface area contributed by atoms with Crippen molar-refractivity contribution < 1.29 is 0 Å². The summed E-state index contributed by atoms with van der Waals surface area (Å²) < 4.78 is 1.60. The first-order chi connectivity index (χ1) is 9.81. The number of nitrogens with zero attached hydrogens (tertiary/aromatic N) is 3. The second kappa shape index (κ2) is 4.90. The normalized spacial score (nSPS) is 10.2. The van der Waals surface area contributed by atoms with Gasteiger partial charge in [-0.05, 0) is 12.1 Å². The maximum atomic E-state index is 9.34. The third-order valence-corrected chi connectivity index (χ3v) is 3.08. The van der Waals surface area contributed by atoms with Gasteiger partial charge in [-0.2, -0.15) is 10.4 Å². The number of nitrogens with two attached hydrogens (primary N) is 1. The number of nitrogen functional groups attached to an aromatic ring is 1. The molecule has 2 aromatic carbocycles. The van der Waals surface area contributed by atoms with Gasteiger partial charge >= 0.3 is 0 Å². The van der Waals surface area contributed by atoms with Crippen LogP contribution in [0.2, 0.25) is 0 Å². The molecular formula is C16H12N4. The summed E-state index contributed by atoms with van der Waals surface area (Å²) in [5.41, 5.74) is 8.79. The fourth-order valence-corrected chi connectivity index (χ4v) is 2.11. The molecule has 0 bridgehead atoms. The van der Waals surface area contributed by atoms with Crippen molar-refractivity contribution in [3.63, 3.8) is 0 Å². The molecule has 3 aromatic rings. The van der Waals surface area contributed by atoms with Crippen LogP contribution in [0.4, 0.5) is 5.82 Å². The van der Waals surface area contributed by atoms with E-state index in [-0.39, 0.29) is 0 Å². The number of hydrogen-bond donors (Lipinski definition) is 1. The van der Waals surface area contributed by atoms with Crippen molar-refractivity contribution >= 4 is 5.82 Å². The summed E-state index contributed by atoms with van der Waals surface area (Å²) >= 11 is 0. The third kappa shape index (κ3) is 1.91. The summed E-state index contributed by atoms with van der Waals surface area (Å²) in [5.74, 6) is 0.359. The van der Waals surface area contributed by atoms with Crippen molar-refractivity contribution in [2.24, 2.45) is 0 Å². The molecule has 0 aliphatic carbocycles. The molecule has 20 heavy (non-hydrogen) atoms. The standard InChI is InChI=1S/C16H12N4/c17-11-14-15(12-7-3-1-4-8-12)19-20(16(14)18)13-9-5-2-6-10-13/h1-10H,18H2. The number of benzene rings is 2. The predicted octanol–water partition coefficient (Wildman–Crippen LogP) is 2.99. The minimum atomic E-state index is 0.359. The molecule has 0 fully saturated rings. The van der Waals surface area contributed by atoms with Gasteiger partial charge in [-0.25, -0.2) is 4.68 Å². The molecule has 0 spiro atoms. The molecule has 1 aromatic heterocycles. The van der Waals surface area contributed by atoms with E-state index in [0.717, 1.165) is 11.3 Å². The van der Waals surface area contributed by atoms with E-state index in [9.17, 15) is 5.26 Å². The highest BCUT2D eigenvalue weighted by Crippen LogP contribution is 2.28. The zero-order valence-corrected chi connectivity index (χ0v) is 10.7. The van der Waals surface area contributed by atoms with Crippen molar-refractivity contribution in [2.45, 2.75) is 0 Å². The van der Waals surface area contributed by atoms with E-state index >= 15 is 0 Å². The number of rotatable bonds is 2. The van der Waals surface area contributed by atoms with E-state index in [1.165, 1.54) is 0 Å². The zero-order valence-electron chi connectivity index (χ0n) is 10.7. The highest BCUT2D eigenvalue weighted by atomic mass is 15.3. The predicted molar refractivity (Wildman–Crippen MR) is 78.1 cm³/mol. The van der Waals surface area contributed by atoms with Crippen LogP contribution < -0.4 is 5.73 Å². The number of anilines is 1. The van der Waals surface area contributed by atoms with Crippen LogP contribution in [-0.2, 0) is 0 Å². The minimum Gasteiger partial charge on any atom is -0.382 e. The Bertz CT molecular complexity index is 767. The first kappa shape index (κ1) is 12.0. The van der Waals surface area contributed by atoms with E-state index in [1.54, 1.807) is 4.68 Å². The van der Waals surface area contributed by atoms with Crippen LogP contribution in [0.25, 0.3) is 16.9 Å². The fraction of sp³-hybridized carbons (Fsp3) is 0. The van der Waals surface area contributed by atoms with Crippen LogP contribution in [0.1, 0.15) is 5.56 Å². The maximum absolute atomic E-state index is 9.34. The smallest absolute Gasteiger partial charge is 0.145 e. The molecular weight excluding hydrogens is 248 g/mol. The molecule has 0 atom stereocenters. The second-order valence-electron chi connectivity index (χ2n) is 4.33. The first-order valence-corrected chi connectivity index (χ1v) is 6.20. The van der Waals surface area contributed by atoms with Gasteiger partial charge in [0, 0.05) is 5.56 Å². The Morgan fingerprint density at radius 2 is 1.55 bits per heavy atom. The lowest BCUT2D eigenvalue weighted by molar-refractivity contribution is 0.895. The SMILES string of the molecule is N#Cc1c(-c2ccccc2)nn(-c2ccccc2)c1N. The number of aromatic nitrogens is 2. The summed E-state index contributed by atoms with van der Waals surface area (Å²) in [7, 11) is 0. The third-order valence-electron chi connectivity index (χ3n) is 3.08. The number of hydrogen-bond acceptors (Lipinski definition) is 3. The van der Waals surface area contributed by atoms with E-state index in [0.29, 0.717) is 17.1 Å². The molecule has 0 amide bonds. The Hall–Kier alpha value is -3.06. The zero-order chi connectivity index (χ0) is 13.9. The molecule has 0 unspecified atom stereocenters. The van der Waals surface area contributed by atoms with Gasteiger partial charge in [-0.15, -0.1) is 0 Å². The highest BCUT2D eigenvalue weighted by molar-refractivity contribution is 5.73. The molecule has 2 N–H and O–H groups in total. The summed E-state index contributed by atoms with van der Waals surface area (Å²) in [6.07, 6.45) is 0. The molecule has 0 aliphatic rings. The fourth-order valence-electron chi connectivity index (χ4n) is 2.11. The average molecular weight is 260 g/mol. The summed E-state index contributed by atoms with van der Waals surface area (Å²) in [6, 6.07) is 21.3. The van der Waals surface area contributed by atoms with Crippen LogP contribution >= 0.6 is 0 Å². The molecule has 3 rings (SSSR count). The summed E-state index contributed by atoms with van der Waals surface area (Å²) in [5, 5.41) is 13.8. The molecule has 4 nitrogen and oxygen atoms in total. The monoisotopic (exact) mass is 260 g/mol. The molecule has 0 radical (unpaired) electrons. The van der Waals surface area contributed by atoms with Gasteiger partial charge in [0.25, 0.3) is 0 Å². The van der Waals surface area contributed by atoms with Gasteiger partial charge in [0.15, 0.2) is 0 Å². The number of nitriles is 1. The molecule has 0 saturated heterocycles. The molecule has 0 aliphatic heterocycles. The Balaban J connectivity index is 2.22. The van der Waals surface area contributed by atoms with Gasteiger partial charge in [0.05, 0.1) is 5.69 Å². The largest absolute Gasteiger partial charge is 0.382 e. The van der Waals surface area contributed by atoms with Crippen LogP contribution in [-0.4, -0.2) is 9.78 Å². The maximum Gasteiger partial charge on any atom is 0.145 e. The highest BCUT2D eigenvalue weighted by Gasteiger charge is 2.17. The quantitative estimate of drug-likeness (QED) is 0.770. The summed E-state index contributed by atoms with van der Waals surface area (Å²) in [6.45, 7) is 0. The van der Waals surface area contributed by atoms with Crippen molar-refractivity contribution in [3.8, 4) is 23.0 Å². The van der Waals surface area contributed by atoms with Crippen molar-refractivity contribution in [1.82, 2.24) is 9.78 Å². The Kier molecular flexibility index (Phi) is 2.94. The van der Waals surface area contributed by atoms with Gasteiger partial charge < -0.3 is 5.73 Å². The molecule has 4 heteroatoms. The minimum absolute atomic E-state index is 0.359. The second-order valence-corrected chi connectivity index (χ2v) is 4.33. The first-order valence-electron chi connectivity index (χ1n) is 6.20. The molecule has 0 saturated carbocycles. The topological polar surface area (TPSA) is 67.6 Å².